The highest BCUT2D eigenvalue weighted by Crippen LogP contribution is 2.54. The minimum Gasteiger partial charge on any atom is -0.392 e. The minimum atomic E-state index is 0.282. The summed E-state index contributed by atoms with van der Waals surface area (Å²) in [5.74, 6) is 0. The first-order valence-corrected chi connectivity index (χ1v) is 3.50. The molecule has 0 aromatic heterocycles. The number of fused-ring (bicyclic) bond motifs is 1. The van der Waals surface area contributed by atoms with Gasteiger partial charge < -0.3 is 5.11 Å². The van der Waals surface area contributed by atoms with Crippen LogP contribution >= 0.6 is 0 Å². The van der Waals surface area contributed by atoms with E-state index >= 15 is 0 Å². The molecule has 3 heterocycles. The van der Waals surface area contributed by atoms with Gasteiger partial charge in [0.2, 0.25) is 0 Å². The molecule has 3 aliphatic heterocycles. The van der Waals surface area contributed by atoms with Crippen molar-refractivity contribution in [2.75, 3.05) is 6.61 Å². The van der Waals surface area contributed by atoms with Gasteiger partial charge in [0.1, 0.15) is 0 Å². The second kappa shape index (κ2) is 1.09. The zero-order valence-electron chi connectivity index (χ0n) is 5.12. The number of aliphatic hydroxyl groups is 1. The van der Waals surface area contributed by atoms with Gasteiger partial charge in [0.05, 0.1) is 6.61 Å². The van der Waals surface area contributed by atoms with E-state index in [1.807, 2.05) is 0 Å². The van der Waals surface area contributed by atoms with Gasteiger partial charge in [-0.05, 0) is 12.0 Å². The van der Waals surface area contributed by atoms with Crippen LogP contribution in [0.5, 0.6) is 0 Å². The zero-order valence-corrected chi connectivity index (χ0v) is 5.12. The van der Waals surface area contributed by atoms with Crippen LogP contribution in [-0.2, 0) is 0 Å². The Labute approximate surface area is 53.8 Å². The Hall–Kier alpha value is -0.340. The molecule has 0 radical (unpaired) electrons. The lowest BCUT2D eigenvalue weighted by Gasteiger charge is -2.27. The summed E-state index contributed by atoms with van der Waals surface area (Å²) in [6.45, 7) is 0.282. The molecule has 0 aromatic rings. The Balaban J connectivity index is 1.98. The third-order valence-corrected chi connectivity index (χ3v) is 2.85. The van der Waals surface area contributed by atoms with Crippen molar-refractivity contribution >= 4 is 0 Å². The van der Waals surface area contributed by atoms with Crippen LogP contribution in [0.2, 0.25) is 0 Å². The van der Waals surface area contributed by atoms with Crippen molar-refractivity contribution in [3.8, 4) is 0 Å². The summed E-state index contributed by atoms with van der Waals surface area (Å²) in [5.41, 5.74) is 1.27. The molecule has 2 fully saturated rings. The Kier molecular flexibility index (Phi) is 0.541. The second-order valence-electron chi connectivity index (χ2n) is 3.16. The molecular formula is C7H9NO. The molecular weight excluding hydrogens is 114 g/mol. The van der Waals surface area contributed by atoms with Crippen LogP contribution in [0.1, 0.15) is 6.42 Å². The van der Waals surface area contributed by atoms with Crippen molar-refractivity contribution < 1.29 is 5.11 Å². The molecule has 0 amide bonds. The number of hydrogen-bond acceptors (Lipinski definition) is 2. The fourth-order valence-corrected chi connectivity index (χ4v) is 2.26. The summed E-state index contributed by atoms with van der Waals surface area (Å²) < 4.78 is 0. The average Bonchev–Trinajstić information content (AvgIpc) is 2.25. The highest BCUT2D eigenvalue weighted by atomic mass is 16.3. The summed E-state index contributed by atoms with van der Waals surface area (Å²) in [7, 11) is 0. The van der Waals surface area contributed by atoms with Crippen LogP contribution in [0.3, 0.4) is 0 Å². The van der Waals surface area contributed by atoms with Crippen LogP contribution < -0.4 is 0 Å². The van der Waals surface area contributed by atoms with E-state index in [4.69, 9.17) is 5.11 Å². The van der Waals surface area contributed by atoms with E-state index in [0.29, 0.717) is 6.04 Å². The van der Waals surface area contributed by atoms with Crippen LogP contribution in [0.15, 0.2) is 11.6 Å². The zero-order chi connectivity index (χ0) is 6.01. The SMILES string of the molecule is OCC1=CC2C3C[C@H]1N23. The van der Waals surface area contributed by atoms with E-state index in [1.54, 1.807) is 0 Å². The molecule has 9 heavy (non-hydrogen) atoms. The van der Waals surface area contributed by atoms with Gasteiger partial charge in [-0.1, -0.05) is 6.08 Å². The Morgan fingerprint density at radius 1 is 1.78 bits per heavy atom. The summed E-state index contributed by atoms with van der Waals surface area (Å²) >= 11 is 0. The normalized spacial score (nSPS) is 58.1. The van der Waals surface area contributed by atoms with Gasteiger partial charge >= 0.3 is 0 Å². The first-order chi connectivity index (χ1) is 4.42. The molecule has 1 N–H and O–H groups in total. The maximum atomic E-state index is 8.80. The molecule has 0 saturated carbocycles. The number of aliphatic hydroxyl groups excluding tert-OH is 1. The van der Waals surface area contributed by atoms with Crippen LogP contribution in [-0.4, -0.2) is 34.7 Å². The van der Waals surface area contributed by atoms with E-state index in [9.17, 15) is 0 Å². The quantitative estimate of drug-likeness (QED) is 0.383. The van der Waals surface area contributed by atoms with Gasteiger partial charge in [0.25, 0.3) is 0 Å². The molecule has 0 aliphatic carbocycles. The smallest absolute Gasteiger partial charge is 0.0657 e. The maximum absolute atomic E-state index is 8.80. The molecule has 48 valence electrons. The standard InChI is InChI=1S/C7H9NO/c9-3-4-1-6-7-2-5(4)8(6)7/h1,5-7,9H,2-3H2/t5-,6?,7?,8?/m1/s1. The largest absolute Gasteiger partial charge is 0.392 e. The van der Waals surface area contributed by atoms with Crippen LogP contribution in [0, 0.1) is 0 Å². The molecule has 2 saturated heterocycles. The van der Waals surface area contributed by atoms with Gasteiger partial charge in [-0.15, -0.1) is 0 Å². The van der Waals surface area contributed by atoms with Crippen LogP contribution in [0.25, 0.3) is 0 Å². The van der Waals surface area contributed by atoms with Crippen molar-refractivity contribution in [1.82, 2.24) is 4.90 Å². The average molecular weight is 123 g/mol. The molecule has 4 atom stereocenters. The summed E-state index contributed by atoms with van der Waals surface area (Å²) in [6.07, 6.45) is 3.55. The predicted molar refractivity (Wildman–Crippen MR) is 33.0 cm³/mol. The lowest BCUT2D eigenvalue weighted by Crippen LogP contribution is -2.34. The summed E-state index contributed by atoms with van der Waals surface area (Å²) in [4.78, 5) is 2.46. The Morgan fingerprint density at radius 3 is 3.00 bits per heavy atom. The van der Waals surface area contributed by atoms with E-state index < -0.39 is 0 Å². The van der Waals surface area contributed by atoms with E-state index in [-0.39, 0.29) is 6.61 Å². The molecule has 2 nitrogen and oxygen atoms in total. The van der Waals surface area contributed by atoms with Gasteiger partial charge in [0.15, 0.2) is 0 Å². The maximum Gasteiger partial charge on any atom is 0.0657 e. The van der Waals surface area contributed by atoms with Gasteiger partial charge in [-0.2, -0.15) is 0 Å². The highest BCUT2D eigenvalue weighted by molar-refractivity contribution is 5.40. The van der Waals surface area contributed by atoms with Crippen molar-refractivity contribution in [2.45, 2.75) is 24.5 Å². The van der Waals surface area contributed by atoms with E-state index in [0.717, 1.165) is 12.1 Å². The topological polar surface area (TPSA) is 23.2 Å². The highest BCUT2D eigenvalue weighted by Gasteiger charge is 2.64. The Morgan fingerprint density at radius 2 is 2.67 bits per heavy atom. The van der Waals surface area contributed by atoms with Crippen molar-refractivity contribution in [1.29, 1.82) is 0 Å². The fraction of sp³-hybridized carbons (Fsp3) is 0.714. The molecule has 2 heteroatoms. The monoisotopic (exact) mass is 123 g/mol. The van der Waals surface area contributed by atoms with E-state index in [2.05, 4.69) is 11.0 Å². The molecule has 3 rings (SSSR count). The van der Waals surface area contributed by atoms with E-state index in [1.165, 1.54) is 12.0 Å². The molecule has 3 aliphatic rings. The van der Waals surface area contributed by atoms with Crippen molar-refractivity contribution in [2.24, 2.45) is 0 Å². The van der Waals surface area contributed by atoms with Crippen molar-refractivity contribution in [3.05, 3.63) is 11.6 Å². The van der Waals surface area contributed by atoms with Crippen molar-refractivity contribution in [3.63, 3.8) is 0 Å². The first kappa shape index (κ1) is 4.47. The third kappa shape index (κ3) is 0.321. The molecule has 3 unspecified atom stereocenters. The second-order valence-corrected chi connectivity index (χ2v) is 3.16. The minimum absolute atomic E-state index is 0.282. The number of nitrogens with zero attached hydrogens (tertiary/aromatic N) is 1. The predicted octanol–water partition coefficient (Wildman–Crippen LogP) is -0.256. The van der Waals surface area contributed by atoms with Gasteiger partial charge in [-0.3, -0.25) is 4.90 Å². The molecule has 0 bridgehead atoms. The molecule has 0 spiro atoms. The molecule has 0 aromatic carbocycles. The van der Waals surface area contributed by atoms with Gasteiger partial charge in [0, 0.05) is 18.1 Å². The Bertz CT molecular complexity index is 199. The number of hydrogen-bond donors (Lipinski definition) is 1. The summed E-state index contributed by atoms with van der Waals surface area (Å²) in [5, 5.41) is 8.80. The van der Waals surface area contributed by atoms with Crippen LogP contribution in [0.4, 0.5) is 0 Å². The first-order valence-electron chi connectivity index (χ1n) is 3.50. The lowest BCUT2D eigenvalue weighted by molar-refractivity contribution is 0.250. The fourth-order valence-electron chi connectivity index (χ4n) is 2.26. The number of rotatable bonds is 1. The third-order valence-electron chi connectivity index (χ3n) is 2.85. The summed E-state index contributed by atoms with van der Waals surface area (Å²) in [6, 6.07) is 2.30. The van der Waals surface area contributed by atoms with Gasteiger partial charge in [-0.25, -0.2) is 0 Å². The lowest BCUT2D eigenvalue weighted by atomic mass is 9.93.